The molecule has 1 N–H and O–H groups in total. The van der Waals surface area contributed by atoms with Crippen molar-refractivity contribution in [1.29, 1.82) is 0 Å². The third-order valence-electron chi connectivity index (χ3n) is 2.76. The highest BCUT2D eigenvalue weighted by molar-refractivity contribution is 7.90. The Balaban J connectivity index is 2.78. The van der Waals surface area contributed by atoms with Gasteiger partial charge in [-0.25, -0.2) is 8.42 Å². The number of hydrogen-bond acceptors (Lipinski definition) is 4. The summed E-state index contributed by atoms with van der Waals surface area (Å²) in [6.45, 7) is 7.09. The molecule has 0 saturated heterocycles. The molecule has 1 rings (SSSR count). The van der Waals surface area contributed by atoms with Gasteiger partial charge in [0.25, 0.3) is 0 Å². The maximum atomic E-state index is 11.2. The second kappa shape index (κ2) is 5.98. The fourth-order valence-electron chi connectivity index (χ4n) is 1.70. The third-order valence-corrected chi connectivity index (χ3v) is 5.00. The minimum absolute atomic E-state index is 0.159. The standard InChI is InChI=1S/C12H21NO2S2/c1-5-13-11(6-7-17(4,14)15)12-8-9(2)10(3)16-12/h8,11,13H,5-7H2,1-4H3. The summed E-state index contributed by atoms with van der Waals surface area (Å²) in [7, 11) is -2.88. The van der Waals surface area contributed by atoms with Gasteiger partial charge in [-0.2, -0.15) is 0 Å². The number of rotatable bonds is 6. The zero-order valence-corrected chi connectivity index (χ0v) is 12.5. The van der Waals surface area contributed by atoms with Gasteiger partial charge in [-0.05, 0) is 38.4 Å². The van der Waals surface area contributed by atoms with Crippen molar-refractivity contribution in [1.82, 2.24) is 5.32 Å². The molecule has 0 aliphatic carbocycles. The fraction of sp³-hybridized carbons (Fsp3) is 0.667. The summed E-state index contributed by atoms with van der Waals surface area (Å²) in [6, 6.07) is 2.32. The first-order valence-electron chi connectivity index (χ1n) is 5.81. The Kier molecular flexibility index (Phi) is 5.16. The van der Waals surface area contributed by atoms with E-state index in [0.717, 1.165) is 6.54 Å². The Morgan fingerprint density at radius 2 is 2.06 bits per heavy atom. The number of sulfone groups is 1. The first-order valence-corrected chi connectivity index (χ1v) is 8.69. The summed E-state index contributed by atoms with van der Waals surface area (Å²) in [5.74, 6) is 0.237. The molecular formula is C12H21NO2S2. The first-order chi connectivity index (χ1) is 7.83. The van der Waals surface area contributed by atoms with Crippen molar-refractivity contribution in [2.24, 2.45) is 0 Å². The molecule has 1 atom stereocenters. The van der Waals surface area contributed by atoms with Crippen molar-refractivity contribution in [2.75, 3.05) is 18.6 Å². The molecule has 17 heavy (non-hydrogen) atoms. The lowest BCUT2D eigenvalue weighted by molar-refractivity contribution is 0.536. The van der Waals surface area contributed by atoms with E-state index in [2.05, 4.69) is 25.2 Å². The van der Waals surface area contributed by atoms with E-state index in [4.69, 9.17) is 0 Å². The molecule has 0 aliphatic rings. The molecule has 5 heteroatoms. The van der Waals surface area contributed by atoms with Crippen LogP contribution in [0.3, 0.4) is 0 Å². The molecule has 0 radical (unpaired) electrons. The molecule has 1 aromatic rings. The van der Waals surface area contributed by atoms with E-state index in [1.54, 1.807) is 11.3 Å². The van der Waals surface area contributed by atoms with Crippen LogP contribution in [0.4, 0.5) is 0 Å². The molecular weight excluding hydrogens is 254 g/mol. The molecule has 0 amide bonds. The van der Waals surface area contributed by atoms with Crippen LogP contribution in [0.1, 0.15) is 34.7 Å². The Bertz CT molecular complexity index is 443. The van der Waals surface area contributed by atoms with Crippen molar-refractivity contribution in [2.45, 2.75) is 33.2 Å². The monoisotopic (exact) mass is 275 g/mol. The fourth-order valence-corrected chi connectivity index (χ4v) is 3.51. The van der Waals surface area contributed by atoms with Crippen molar-refractivity contribution in [3.8, 4) is 0 Å². The Morgan fingerprint density at radius 3 is 2.47 bits per heavy atom. The minimum atomic E-state index is -2.88. The summed E-state index contributed by atoms with van der Waals surface area (Å²) >= 11 is 1.76. The zero-order valence-electron chi connectivity index (χ0n) is 10.9. The molecule has 0 fully saturated rings. The number of aryl methyl sites for hydroxylation is 2. The van der Waals surface area contributed by atoms with Crippen molar-refractivity contribution < 1.29 is 8.42 Å². The molecule has 98 valence electrons. The van der Waals surface area contributed by atoms with E-state index in [1.165, 1.54) is 21.6 Å². The number of nitrogens with one attached hydrogen (secondary N) is 1. The van der Waals surface area contributed by atoms with Crippen molar-refractivity contribution in [3.05, 3.63) is 21.4 Å². The average molecular weight is 275 g/mol. The molecule has 1 aromatic heterocycles. The quantitative estimate of drug-likeness (QED) is 0.867. The molecule has 0 bridgehead atoms. The van der Waals surface area contributed by atoms with Crippen LogP contribution in [0.5, 0.6) is 0 Å². The van der Waals surface area contributed by atoms with Gasteiger partial charge in [0.05, 0.1) is 5.75 Å². The third kappa shape index (κ3) is 4.77. The SMILES string of the molecule is CCNC(CCS(C)(=O)=O)c1cc(C)c(C)s1. The molecule has 0 saturated carbocycles. The van der Waals surface area contributed by atoms with Gasteiger partial charge >= 0.3 is 0 Å². The normalized spacial score (nSPS) is 13.9. The molecule has 1 heterocycles. The number of thiophene rings is 1. The Hall–Kier alpha value is -0.390. The lowest BCUT2D eigenvalue weighted by atomic mass is 10.1. The van der Waals surface area contributed by atoms with Crippen LogP contribution >= 0.6 is 11.3 Å². The van der Waals surface area contributed by atoms with Crippen LogP contribution in [-0.2, 0) is 9.84 Å². The lowest BCUT2D eigenvalue weighted by Crippen LogP contribution is -2.22. The average Bonchev–Trinajstić information content (AvgIpc) is 2.52. The highest BCUT2D eigenvalue weighted by atomic mass is 32.2. The van der Waals surface area contributed by atoms with E-state index in [-0.39, 0.29) is 11.8 Å². The second-order valence-corrected chi connectivity index (χ2v) is 7.96. The molecule has 3 nitrogen and oxygen atoms in total. The number of hydrogen-bond donors (Lipinski definition) is 1. The zero-order chi connectivity index (χ0) is 13.1. The van der Waals surface area contributed by atoms with Crippen molar-refractivity contribution >= 4 is 21.2 Å². The topological polar surface area (TPSA) is 46.2 Å². The lowest BCUT2D eigenvalue weighted by Gasteiger charge is -2.15. The smallest absolute Gasteiger partial charge is 0.147 e. The van der Waals surface area contributed by atoms with E-state index in [1.807, 2.05) is 6.92 Å². The van der Waals surface area contributed by atoms with Crippen LogP contribution < -0.4 is 5.32 Å². The molecule has 0 spiro atoms. The van der Waals surface area contributed by atoms with Crippen LogP contribution in [-0.4, -0.2) is 27.0 Å². The summed E-state index contributed by atoms with van der Waals surface area (Å²) in [6.07, 6.45) is 1.94. The van der Waals surface area contributed by atoms with Crippen LogP contribution in [0.25, 0.3) is 0 Å². The summed E-state index contributed by atoms with van der Waals surface area (Å²) in [4.78, 5) is 2.55. The minimum Gasteiger partial charge on any atom is -0.309 e. The highest BCUT2D eigenvalue weighted by Gasteiger charge is 2.16. The van der Waals surface area contributed by atoms with Gasteiger partial charge in [0.15, 0.2) is 0 Å². The maximum Gasteiger partial charge on any atom is 0.147 e. The van der Waals surface area contributed by atoms with Gasteiger partial charge in [-0.15, -0.1) is 11.3 Å². The molecule has 0 aromatic carbocycles. The van der Waals surface area contributed by atoms with E-state index in [0.29, 0.717) is 6.42 Å². The molecule has 1 unspecified atom stereocenters. The van der Waals surface area contributed by atoms with Gasteiger partial charge in [0.2, 0.25) is 0 Å². The van der Waals surface area contributed by atoms with E-state index >= 15 is 0 Å². The van der Waals surface area contributed by atoms with Crippen molar-refractivity contribution in [3.63, 3.8) is 0 Å². The van der Waals surface area contributed by atoms with Crippen LogP contribution in [0, 0.1) is 13.8 Å². The van der Waals surface area contributed by atoms with Gasteiger partial charge in [0.1, 0.15) is 9.84 Å². The Morgan fingerprint density at radius 1 is 1.41 bits per heavy atom. The van der Waals surface area contributed by atoms with Gasteiger partial charge < -0.3 is 5.32 Å². The Labute approximate surface area is 108 Å². The second-order valence-electron chi connectivity index (χ2n) is 4.42. The van der Waals surface area contributed by atoms with E-state index < -0.39 is 9.84 Å². The first kappa shape index (κ1) is 14.7. The van der Waals surface area contributed by atoms with Crippen LogP contribution in [0.15, 0.2) is 6.07 Å². The summed E-state index contributed by atoms with van der Waals surface area (Å²) < 4.78 is 22.4. The predicted molar refractivity (Wildman–Crippen MR) is 74.5 cm³/mol. The van der Waals surface area contributed by atoms with Gasteiger partial charge in [-0.1, -0.05) is 6.92 Å². The summed E-state index contributed by atoms with van der Waals surface area (Å²) in [5.41, 5.74) is 1.28. The highest BCUT2D eigenvalue weighted by Crippen LogP contribution is 2.28. The van der Waals surface area contributed by atoms with Gasteiger partial charge in [0, 0.05) is 22.1 Å². The largest absolute Gasteiger partial charge is 0.309 e. The van der Waals surface area contributed by atoms with Crippen LogP contribution in [0.2, 0.25) is 0 Å². The predicted octanol–water partition coefficient (Wildman–Crippen LogP) is 2.45. The maximum absolute atomic E-state index is 11.2. The van der Waals surface area contributed by atoms with E-state index in [9.17, 15) is 8.42 Å². The van der Waals surface area contributed by atoms with Gasteiger partial charge in [-0.3, -0.25) is 0 Å². The summed E-state index contributed by atoms with van der Waals surface area (Å²) in [5, 5.41) is 3.36. The molecule has 0 aliphatic heterocycles.